The summed E-state index contributed by atoms with van der Waals surface area (Å²) in [7, 11) is 0. The first-order valence-corrected chi connectivity index (χ1v) is 6.80. The second kappa shape index (κ2) is 5.75. The molecule has 1 aromatic heterocycles. The van der Waals surface area contributed by atoms with Crippen molar-refractivity contribution in [1.82, 2.24) is 9.80 Å². The van der Waals surface area contributed by atoms with Crippen LogP contribution in [0, 0.1) is 0 Å². The standard InChI is InChI=1S/C14H22N2O3/c1-10(2)15-6-8-16(9-7-15)11(3)12-4-5-13(19-12)14(17)18/h4-5,10-11H,6-9H2,1-3H3,(H,17,18). The molecule has 2 heterocycles. The fourth-order valence-corrected chi connectivity index (χ4v) is 2.51. The third-order valence-corrected chi connectivity index (χ3v) is 3.88. The van der Waals surface area contributed by atoms with Gasteiger partial charge < -0.3 is 9.52 Å². The third kappa shape index (κ3) is 3.16. The largest absolute Gasteiger partial charge is 0.475 e. The number of rotatable bonds is 4. The van der Waals surface area contributed by atoms with E-state index >= 15 is 0 Å². The molecule has 5 heteroatoms. The van der Waals surface area contributed by atoms with E-state index in [2.05, 4.69) is 30.6 Å². The highest BCUT2D eigenvalue weighted by molar-refractivity contribution is 5.84. The van der Waals surface area contributed by atoms with Crippen LogP contribution < -0.4 is 0 Å². The van der Waals surface area contributed by atoms with Gasteiger partial charge in [-0.05, 0) is 32.9 Å². The Bertz CT molecular complexity index is 434. The molecule has 1 saturated heterocycles. The predicted octanol–water partition coefficient (Wildman–Crippen LogP) is 2.06. The average Bonchev–Trinajstić information content (AvgIpc) is 2.87. The summed E-state index contributed by atoms with van der Waals surface area (Å²) in [5.74, 6) is -0.263. The molecule has 0 spiro atoms. The first-order valence-electron chi connectivity index (χ1n) is 6.80. The Hall–Kier alpha value is -1.33. The van der Waals surface area contributed by atoms with Crippen molar-refractivity contribution in [3.8, 4) is 0 Å². The molecule has 19 heavy (non-hydrogen) atoms. The fraction of sp³-hybridized carbons (Fsp3) is 0.643. The highest BCUT2D eigenvalue weighted by Gasteiger charge is 2.25. The first kappa shape index (κ1) is 14.1. The van der Waals surface area contributed by atoms with E-state index in [1.807, 2.05) is 0 Å². The van der Waals surface area contributed by atoms with Crippen LogP contribution in [0.25, 0.3) is 0 Å². The summed E-state index contributed by atoms with van der Waals surface area (Å²) in [6.07, 6.45) is 0. The summed E-state index contributed by atoms with van der Waals surface area (Å²) in [6.45, 7) is 10.6. The molecular formula is C14H22N2O3. The monoisotopic (exact) mass is 266 g/mol. The van der Waals surface area contributed by atoms with Crippen molar-refractivity contribution in [1.29, 1.82) is 0 Å². The van der Waals surface area contributed by atoms with Crippen LogP contribution in [-0.4, -0.2) is 53.1 Å². The number of piperazine rings is 1. The number of hydrogen-bond acceptors (Lipinski definition) is 4. The lowest BCUT2D eigenvalue weighted by atomic mass is 10.1. The third-order valence-electron chi connectivity index (χ3n) is 3.88. The highest BCUT2D eigenvalue weighted by atomic mass is 16.4. The Morgan fingerprint density at radius 1 is 1.16 bits per heavy atom. The van der Waals surface area contributed by atoms with Gasteiger partial charge in [0.05, 0.1) is 6.04 Å². The van der Waals surface area contributed by atoms with Gasteiger partial charge in [-0.25, -0.2) is 4.79 Å². The number of carboxylic acid groups (broad SMARTS) is 1. The van der Waals surface area contributed by atoms with Gasteiger partial charge in [0.2, 0.25) is 5.76 Å². The molecular weight excluding hydrogens is 244 g/mol. The van der Waals surface area contributed by atoms with Crippen LogP contribution in [0.4, 0.5) is 0 Å². The number of carboxylic acids is 1. The lowest BCUT2D eigenvalue weighted by Crippen LogP contribution is -2.49. The predicted molar refractivity (Wildman–Crippen MR) is 72.4 cm³/mol. The zero-order chi connectivity index (χ0) is 14.0. The van der Waals surface area contributed by atoms with E-state index in [1.54, 1.807) is 6.07 Å². The minimum atomic E-state index is -1.01. The Morgan fingerprint density at radius 3 is 2.21 bits per heavy atom. The van der Waals surface area contributed by atoms with Gasteiger partial charge in [0.1, 0.15) is 5.76 Å². The molecule has 0 aromatic carbocycles. The van der Waals surface area contributed by atoms with Crippen LogP contribution in [0.15, 0.2) is 16.5 Å². The molecule has 0 radical (unpaired) electrons. The van der Waals surface area contributed by atoms with Gasteiger partial charge in [-0.15, -0.1) is 0 Å². The van der Waals surface area contributed by atoms with E-state index in [9.17, 15) is 4.79 Å². The van der Waals surface area contributed by atoms with Crippen LogP contribution in [0.3, 0.4) is 0 Å². The smallest absolute Gasteiger partial charge is 0.371 e. The van der Waals surface area contributed by atoms with E-state index in [0.717, 1.165) is 31.9 Å². The maximum Gasteiger partial charge on any atom is 0.371 e. The van der Waals surface area contributed by atoms with Gasteiger partial charge in [0.25, 0.3) is 0 Å². The number of nitrogens with zero attached hydrogens (tertiary/aromatic N) is 2. The Kier molecular flexibility index (Phi) is 4.27. The van der Waals surface area contributed by atoms with Crippen LogP contribution >= 0.6 is 0 Å². The van der Waals surface area contributed by atoms with Gasteiger partial charge in [-0.1, -0.05) is 0 Å². The van der Waals surface area contributed by atoms with Crippen molar-refractivity contribution in [3.05, 3.63) is 23.7 Å². The summed E-state index contributed by atoms with van der Waals surface area (Å²) >= 11 is 0. The zero-order valence-electron chi connectivity index (χ0n) is 11.8. The molecule has 0 bridgehead atoms. The maximum absolute atomic E-state index is 10.8. The van der Waals surface area contributed by atoms with E-state index in [4.69, 9.17) is 9.52 Å². The first-order chi connectivity index (χ1) is 8.99. The summed E-state index contributed by atoms with van der Waals surface area (Å²) in [5, 5.41) is 8.87. The van der Waals surface area contributed by atoms with Crippen molar-refractivity contribution in [2.24, 2.45) is 0 Å². The molecule has 0 amide bonds. The van der Waals surface area contributed by atoms with Crippen LogP contribution in [0.2, 0.25) is 0 Å². The number of aromatic carboxylic acids is 1. The van der Waals surface area contributed by atoms with Crippen molar-refractivity contribution < 1.29 is 14.3 Å². The van der Waals surface area contributed by atoms with Crippen molar-refractivity contribution in [3.63, 3.8) is 0 Å². The quantitative estimate of drug-likeness (QED) is 0.904. The van der Waals surface area contributed by atoms with E-state index in [0.29, 0.717) is 6.04 Å². The van der Waals surface area contributed by atoms with Crippen molar-refractivity contribution >= 4 is 5.97 Å². The fourth-order valence-electron chi connectivity index (χ4n) is 2.51. The molecule has 5 nitrogen and oxygen atoms in total. The Morgan fingerprint density at radius 2 is 1.74 bits per heavy atom. The number of carbonyl (C=O) groups is 1. The second-order valence-electron chi connectivity index (χ2n) is 5.35. The Balaban J connectivity index is 1.96. The van der Waals surface area contributed by atoms with Gasteiger partial charge in [0, 0.05) is 32.2 Å². The molecule has 1 aliphatic rings. The van der Waals surface area contributed by atoms with E-state index in [-0.39, 0.29) is 11.8 Å². The second-order valence-corrected chi connectivity index (χ2v) is 5.35. The molecule has 1 aromatic rings. The molecule has 1 unspecified atom stereocenters. The van der Waals surface area contributed by atoms with E-state index < -0.39 is 5.97 Å². The molecule has 1 N–H and O–H groups in total. The molecule has 2 rings (SSSR count). The molecule has 1 fully saturated rings. The minimum absolute atomic E-state index is 0.0164. The van der Waals surface area contributed by atoms with Crippen molar-refractivity contribution in [2.45, 2.75) is 32.9 Å². The lowest BCUT2D eigenvalue weighted by Gasteiger charge is -2.39. The number of hydrogen-bond donors (Lipinski definition) is 1. The Labute approximate surface area is 113 Å². The van der Waals surface area contributed by atoms with E-state index in [1.165, 1.54) is 6.07 Å². The maximum atomic E-state index is 10.8. The molecule has 106 valence electrons. The molecule has 0 saturated carbocycles. The average molecular weight is 266 g/mol. The topological polar surface area (TPSA) is 56.9 Å². The number of furan rings is 1. The molecule has 1 aliphatic heterocycles. The summed E-state index contributed by atoms with van der Waals surface area (Å²) in [4.78, 5) is 15.6. The SMILES string of the molecule is CC(C)N1CCN(C(C)c2ccc(C(=O)O)o2)CC1. The normalized spacial score (nSPS) is 19.8. The molecule has 1 atom stereocenters. The van der Waals surface area contributed by atoms with Gasteiger partial charge in [-0.3, -0.25) is 9.80 Å². The van der Waals surface area contributed by atoms with Crippen LogP contribution in [0.1, 0.15) is 43.1 Å². The summed E-state index contributed by atoms with van der Waals surface area (Å²) in [6, 6.07) is 4.00. The van der Waals surface area contributed by atoms with Gasteiger partial charge in [-0.2, -0.15) is 0 Å². The van der Waals surface area contributed by atoms with Gasteiger partial charge >= 0.3 is 5.97 Å². The minimum Gasteiger partial charge on any atom is -0.475 e. The summed E-state index contributed by atoms with van der Waals surface area (Å²) in [5.41, 5.74) is 0. The summed E-state index contributed by atoms with van der Waals surface area (Å²) < 4.78 is 5.38. The van der Waals surface area contributed by atoms with Gasteiger partial charge in [0.15, 0.2) is 0 Å². The molecule has 0 aliphatic carbocycles. The van der Waals surface area contributed by atoms with Crippen LogP contribution in [0.5, 0.6) is 0 Å². The zero-order valence-corrected chi connectivity index (χ0v) is 11.8. The highest BCUT2D eigenvalue weighted by Crippen LogP contribution is 2.24. The van der Waals surface area contributed by atoms with Crippen molar-refractivity contribution in [2.75, 3.05) is 26.2 Å². The van der Waals surface area contributed by atoms with Crippen LogP contribution in [-0.2, 0) is 0 Å². The lowest BCUT2D eigenvalue weighted by molar-refractivity contribution is 0.0633.